The normalized spacial score (nSPS) is 12.1. The van der Waals surface area contributed by atoms with E-state index in [4.69, 9.17) is 46.4 Å². The number of azo groups is 2. The topological polar surface area (TPSA) is 200 Å². The van der Waals surface area contributed by atoms with Crippen molar-refractivity contribution >= 4 is 116 Å². The van der Waals surface area contributed by atoms with E-state index in [1.807, 2.05) is 0 Å². The number of halogens is 4. The maximum atomic E-state index is 13.4. The number of Topliss-reactive ketones (excluding diaryl/α,β-unsaturated/α-hetero) is 2. The van der Waals surface area contributed by atoms with Gasteiger partial charge in [0.1, 0.15) is 11.4 Å². The fraction of sp³-hybridized carbons (Fsp3) is 0.182. The van der Waals surface area contributed by atoms with Gasteiger partial charge in [-0.2, -0.15) is 20.5 Å². The van der Waals surface area contributed by atoms with E-state index in [1.54, 1.807) is 74.5 Å². The predicted octanol–water partition coefficient (Wildman–Crippen LogP) is 11.0. The molecule has 62 heavy (non-hydrogen) atoms. The van der Waals surface area contributed by atoms with Gasteiger partial charge in [0.05, 0.1) is 10.0 Å². The minimum atomic E-state index is -1.59. The largest absolute Gasteiger partial charge is 0.324 e. The van der Waals surface area contributed by atoms with Gasteiger partial charge in [-0.1, -0.05) is 59.6 Å². The summed E-state index contributed by atoms with van der Waals surface area (Å²) >= 11 is 24.7. The van der Waals surface area contributed by atoms with E-state index in [0.717, 1.165) is 11.1 Å². The second-order valence-electron chi connectivity index (χ2n) is 13.7. The van der Waals surface area contributed by atoms with Crippen LogP contribution in [0.25, 0.3) is 0 Å². The molecule has 5 aromatic rings. The van der Waals surface area contributed by atoms with Crippen LogP contribution in [-0.2, 0) is 30.9 Å². The Morgan fingerprint density at radius 2 is 0.952 bits per heavy atom. The zero-order valence-corrected chi connectivity index (χ0v) is 36.6. The minimum Gasteiger partial charge on any atom is -0.324 e. The molecule has 0 spiro atoms. The molecule has 0 bridgehead atoms. The monoisotopic (exact) mass is 914 g/mol. The minimum absolute atomic E-state index is 0.0449. The number of carbonyl (C=O) groups excluding carboxylic acids is 6. The number of amides is 4. The molecule has 4 amide bonds. The standard InChI is InChI=1S/C44H38Cl4N8O6/c1-23-17-31(49-43(61)39(25(3)57)55-53-36-19-27(13-15-32(36)47)41(59)50-34-11-7-5-9-29(34)21-45)18-24(2)38(23)52-44(62)40(26(4)58)56-54-37-20-28(14-16-33(37)48)42(60)51-35-12-8-6-10-30(35)22-46/h5-20,39-40H,21-22H2,1-4H3,(H,49,61)(H,50,59)(H,51,60)(H,52,62). The molecule has 0 saturated heterocycles. The quantitative estimate of drug-likeness (QED) is 0.0431. The van der Waals surface area contributed by atoms with E-state index in [1.165, 1.54) is 50.2 Å². The first-order valence-electron chi connectivity index (χ1n) is 18.6. The number of hydrogen-bond acceptors (Lipinski definition) is 10. The van der Waals surface area contributed by atoms with Crippen LogP contribution in [0.15, 0.2) is 118 Å². The summed E-state index contributed by atoms with van der Waals surface area (Å²) in [5.41, 5.74) is 4.54. The summed E-state index contributed by atoms with van der Waals surface area (Å²) in [6, 6.07) is 22.6. The van der Waals surface area contributed by atoms with E-state index in [0.29, 0.717) is 28.2 Å². The second-order valence-corrected chi connectivity index (χ2v) is 15.1. The molecule has 18 heteroatoms. The van der Waals surface area contributed by atoms with Gasteiger partial charge < -0.3 is 21.3 Å². The van der Waals surface area contributed by atoms with Gasteiger partial charge in [-0.05, 0) is 111 Å². The Morgan fingerprint density at radius 3 is 1.35 bits per heavy atom. The SMILES string of the molecule is CC(=O)C(N=Nc1cc(C(=O)Nc2ccccc2CCl)ccc1Cl)C(=O)Nc1cc(C)c(NC(=O)C(N=Nc2cc(C(=O)Nc3ccccc3CCl)ccc2Cl)C(C)=O)c(C)c1. The molecule has 0 aliphatic carbocycles. The van der Waals surface area contributed by atoms with Crippen LogP contribution in [0.5, 0.6) is 0 Å². The number of aryl methyl sites for hydroxylation is 2. The lowest BCUT2D eigenvalue weighted by molar-refractivity contribution is -0.127. The van der Waals surface area contributed by atoms with E-state index >= 15 is 0 Å². The first kappa shape index (κ1) is 46.7. The Balaban J connectivity index is 1.27. The number of nitrogens with zero attached hydrogens (tertiary/aromatic N) is 4. The van der Waals surface area contributed by atoms with Crippen molar-refractivity contribution < 1.29 is 28.8 Å². The zero-order chi connectivity index (χ0) is 45.1. The number of alkyl halides is 2. The Hall–Kier alpha value is -6.32. The van der Waals surface area contributed by atoms with Crippen molar-refractivity contribution in [2.75, 3.05) is 21.3 Å². The summed E-state index contributed by atoms with van der Waals surface area (Å²) in [4.78, 5) is 78.1. The average molecular weight is 917 g/mol. The molecule has 0 heterocycles. The number of carbonyl (C=O) groups is 6. The summed E-state index contributed by atoms with van der Waals surface area (Å²) in [5.74, 6) is -3.42. The predicted molar refractivity (Wildman–Crippen MR) is 242 cm³/mol. The molecule has 14 nitrogen and oxygen atoms in total. The molecule has 5 rings (SSSR count). The second kappa shape index (κ2) is 21.5. The van der Waals surface area contributed by atoms with E-state index < -0.39 is 47.3 Å². The maximum absolute atomic E-state index is 13.4. The fourth-order valence-electron chi connectivity index (χ4n) is 5.88. The van der Waals surface area contributed by atoms with Gasteiger partial charge in [-0.25, -0.2) is 0 Å². The number of anilines is 4. The number of para-hydroxylation sites is 2. The molecule has 0 aliphatic heterocycles. The molecule has 318 valence electrons. The molecular weight excluding hydrogens is 878 g/mol. The smallest absolute Gasteiger partial charge is 0.258 e. The molecule has 0 aromatic heterocycles. The van der Waals surface area contributed by atoms with E-state index in [2.05, 4.69) is 41.7 Å². The summed E-state index contributed by atoms with van der Waals surface area (Å²) in [6.07, 6.45) is 0. The average Bonchev–Trinajstić information content (AvgIpc) is 3.23. The zero-order valence-electron chi connectivity index (χ0n) is 33.6. The molecule has 5 aromatic carbocycles. The summed E-state index contributed by atoms with van der Waals surface area (Å²) in [7, 11) is 0. The van der Waals surface area contributed by atoms with Crippen LogP contribution in [0.1, 0.15) is 56.8 Å². The van der Waals surface area contributed by atoms with Crippen LogP contribution in [-0.4, -0.2) is 47.3 Å². The highest BCUT2D eigenvalue weighted by molar-refractivity contribution is 6.33. The lowest BCUT2D eigenvalue weighted by atomic mass is 10.1. The van der Waals surface area contributed by atoms with Gasteiger partial charge >= 0.3 is 0 Å². The Bertz CT molecular complexity index is 2610. The number of benzene rings is 5. The lowest BCUT2D eigenvalue weighted by Gasteiger charge is -2.17. The summed E-state index contributed by atoms with van der Waals surface area (Å²) in [6.45, 7) is 5.67. The highest BCUT2D eigenvalue weighted by atomic mass is 35.5. The van der Waals surface area contributed by atoms with Crippen LogP contribution in [0, 0.1) is 13.8 Å². The third-order valence-corrected chi connectivity index (χ3v) is 10.3. The van der Waals surface area contributed by atoms with Gasteiger partial charge in [-0.3, -0.25) is 28.8 Å². The Labute approximate surface area is 376 Å². The molecule has 0 aliphatic rings. The number of nitrogens with one attached hydrogen (secondary N) is 4. The van der Waals surface area contributed by atoms with Gasteiger partial charge in [0.25, 0.3) is 23.6 Å². The number of ketones is 2. The summed E-state index contributed by atoms with van der Waals surface area (Å²) in [5, 5.41) is 27.2. The highest BCUT2D eigenvalue weighted by Crippen LogP contribution is 2.31. The van der Waals surface area contributed by atoms with Gasteiger partial charge in [0.2, 0.25) is 12.1 Å². The molecule has 2 unspecified atom stereocenters. The van der Waals surface area contributed by atoms with Crippen LogP contribution < -0.4 is 21.3 Å². The van der Waals surface area contributed by atoms with E-state index in [9.17, 15) is 28.8 Å². The molecule has 2 atom stereocenters. The third-order valence-electron chi connectivity index (χ3n) is 9.11. The van der Waals surface area contributed by atoms with Gasteiger partial charge in [-0.15, -0.1) is 23.2 Å². The first-order chi connectivity index (χ1) is 29.6. The van der Waals surface area contributed by atoms with Crippen molar-refractivity contribution in [2.45, 2.75) is 51.5 Å². The van der Waals surface area contributed by atoms with Crippen molar-refractivity contribution in [1.29, 1.82) is 0 Å². The Morgan fingerprint density at radius 1 is 0.548 bits per heavy atom. The van der Waals surface area contributed by atoms with Crippen molar-refractivity contribution in [3.8, 4) is 0 Å². The maximum Gasteiger partial charge on any atom is 0.258 e. The lowest BCUT2D eigenvalue weighted by Crippen LogP contribution is -2.33. The number of hydrogen-bond donors (Lipinski definition) is 4. The molecule has 0 saturated carbocycles. The van der Waals surface area contributed by atoms with Gasteiger partial charge in [0, 0.05) is 45.6 Å². The molecule has 0 radical (unpaired) electrons. The van der Waals surface area contributed by atoms with Crippen LogP contribution in [0.3, 0.4) is 0 Å². The fourth-order valence-corrected chi connectivity index (χ4v) is 6.66. The van der Waals surface area contributed by atoms with Crippen molar-refractivity contribution in [3.63, 3.8) is 0 Å². The van der Waals surface area contributed by atoms with Crippen molar-refractivity contribution in [1.82, 2.24) is 0 Å². The summed E-state index contributed by atoms with van der Waals surface area (Å²) < 4.78 is 0. The Kier molecular flexibility index (Phi) is 16.2. The van der Waals surface area contributed by atoms with Crippen molar-refractivity contribution in [3.05, 3.63) is 140 Å². The molecular formula is C44H38Cl4N8O6. The van der Waals surface area contributed by atoms with Crippen molar-refractivity contribution in [2.24, 2.45) is 20.5 Å². The van der Waals surface area contributed by atoms with Crippen LogP contribution in [0.4, 0.5) is 34.1 Å². The van der Waals surface area contributed by atoms with Crippen LogP contribution >= 0.6 is 46.4 Å². The first-order valence-corrected chi connectivity index (χ1v) is 20.5. The molecule has 0 fully saturated rings. The van der Waals surface area contributed by atoms with Crippen LogP contribution in [0.2, 0.25) is 10.0 Å². The highest BCUT2D eigenvalue weighted by Gasteiger charge is 2.27. The number of rotatable bonds is 16. The molecule has 4 N–H and O–H groups in total. The van der Waals surface area contributed by atoms with Gasteiger partial charge in [0.15, 0.2) is 11.6 Å². The third kappa shape index (κ3) is 11.9. The van der Waals surface area contributed by atoms with E-state index in [-0.39, 0.29) is 50.0 Å².